The molecule has 1 aliphatic rings. The molecule has 0 saturated heterocycles. The molecule has 1 N–H and O–H groups in total. The van der Waals surface area contributed by atoms with E-state index in [1.54, 1.807) is 12.1 Å². The zero-order valence-electron chi connectivity index (χ0n) is 17.8. The van der Waals surface area contributed by atoms with Crippen molar-refractivity contribution in [1.29, 1.82) is 0 Å². The average Bonchev–Trinajstić information content (AvgIpc) is 2.78. The van der Waals surface area contributed by atoms with Crippen LogP contribution < -0.4 is 9.46 Å². The van der Waals surface area contributed by atoms with E-state index in [9.17, 15) is 21.6 Å². The van der Waals surface area contributed by atoms with Crippen LogP contribution in [0.5, 0.6) is 5.75 Å². The number of benzene rings is 2. The molecule has 2 heterocycles. The number of anilines is 1. The second-order valence-electron chi connectivity index (χ2n) is 7.77. The van der Waals surface area contributed by atoms with Gasteiger partial charge in [0.1, 0.15) is 5.75 Å². The lowest BCUT2D eigenvalue weighted by Gasteiger charge is -2.28. The third-order valence-electron chi connectivity index (χ3n) is 5.51. The lowest BCUT2D eigenvalue weighted by Crippen LogP contribution is -2.19. The molecule has 0 spiro atoms. The van der Waals surface area contributed by atoms with Crippen LogP contribution in [0.25, 0.3) is 0 Å². The van der Waals surface area contributed by atoms with Gasteiger partial charge in [0.2, 0.25) is 0 Å². The predicted molar refractivity (Wildman–Crippen MR) is 117 cm³/mol. The third kappa shape index (κ3) is 4.95. The van der Waals surface area contributed by atoms with E-state index in [0.717, 1.165) is 17.2 Å². The Labute approximate surface area is 189 Å². The highest BCUT2D eigenvalue weighted by atomic mass is 32.2. The normalized spacial score (nSPS) is 16.1. The van der Waals surface area contributed by atoms with Crippen molar-refractivity contribution >= 4 is 15.8 Å². The van der Waals surface area contributed by atoms with Crippen LogP contribution in [0.4, 0.5) is 19.0 Å². The number of halogens is 3. The molecule has 0 saturated carbocycles. The van der Waals surface area contributed by atoms with Crippen molar-refractivity contribution in [3.8, 4) is 5.75 Å². The summed E-state index contributed by atoms with van der Waals surface area (Å²) in [4.78, 5) is -0.00578. The molecule has 1 atom stereocenters. The number of aryl methyl sites for hydroxylation is 1. The van der Waals surface area contributed by atoms with Gasteiger partial charge in [0.25, 0.3) is 10.0 Å². The molecule has 10 heteroatoms. The first-order valence-corrected chi connectivity index (χ1v) is 11.9. The number of aromatic nitrogens is 2. The molecule has 0 aliphatic carbocycles. The number of hydrogen-bond donors (Lipinski definition) is 1. The molecule has 4 rings (SSSR count). The maximum Gasteiger partial charge on any atom is 0.416 e. The van der Waals surface area contributed by atoms with Gasteiger partial charge in [-0.25, -0.2) is 8.42 Å². The average molecular weight is 478 g/mol. The van der Waals surface area contributed by atoms with Crippen LogP contribution in [0.2, 0.25) is 0 Å². The van der Waals surface area contributed by atoms with Gasteiger partial charge >= 0.3 is 6.18 Å². The zero-order valence-corrected chi connectivity index (χ0v) is 18.6. The first kappa shape index (κ1) is 23.0. The van der Waals surface area contributed by atoms with E-state index in [-0.39, 0.29) is 16.6 Å². The zero-order chi connectivity index (χ0) is 23.6. The molecule has 0 bridgehead atoms. The fraction of sp³-hybridized carbons (Fsp3) is 0.304. The topological polar surface area (TPSA) is 81.2 Å². The van der Waals surface area contributed by atoms with Gasteiger partial charge in [0, 0.05) is 23.7 Å². The monoisotopic (exact) mass is 477 g/mol. The Kier molecular flexibility index (Phi) is 6.29. The van der Waals surface area contributed by atoms with Crippen molar-refractivity contribution in [2.45, 2.75) is 43.2 Å². The number of rotatable bonds is 6. The van der Waals surface area contributed by atoms with E-state index in [1.807, 2.05) is 6.92 Å². The van der Waals surface area contributed by atoms with Gasteiger partial charge in [-0.05, 0) is 54.3 Å². The van der Waals surface area contributed by atoms with Gasteiger partial charge in [0.05, 0.1) is 17.1 Å². The number of alkyl halides is 3. The van der Waals surface area contributed by atoms with Crippen LogP contribution in [-0.4, -0.2) is 25.2 Å². The summed E-state index contributed by atoms with van der Waals surface area (Å²) < 4.78 is 73.4. The summed E-state index contributed by atoms with van der Waals surface area (Å²) in [5, 5.41) is 7.38. The van der Waals surface area contributed by atoms with Gasteiger partial charge in [-0.2, -0.15) is 18.3 Å². The maximum atomic E-state index is 13.2. The minimum atomic E-state index is -4.41. The SMILES string of the molecule is CCCc1cc(C(F)(F)F)ccc1C1CCOc2cc(S(=O)(=O)Nc3cccnn3)ccc21. The van der Waals surface area contributed by atoms with Crippen LogP contribution in [0, 0.1) is 0 Å². The Morgan fingerprint density at radius 1 is 1.12 bits per heavy atom. The van der Waals surface area contributed by atoms with Gasteiger partial charge < -0.3 is 4.74 Å². The van der Waals surface area contributed by atoms with Crippen molar-refractivity contribution in [3.05, 3.63) is 77.0 Å². The summed E-state index contributed by atoms with van der Waals surface area (Å²) in [7, 11) is -3.93. The molecule has 33 heavy (non-hydrogen) atoms. The van der Waals surface area contributed by atoms with Crippen LogP contribution in [-0.2, 0) is 22.6 Å². The molecular formula is C23H22F3N3O3S. The van der Waals surface area contributed by atoms with Crippen molar-refractivity contribution < 1.29 is 26.3 Å². The smallest absolute Gasteiger partial charge is 0.416 e. The largest absolute Gasteiger partial charge is 0.493 e. The number of fused-ring (bicyclic) bond motifs is 1. The second-order valence-corrected chi connectivity index (χ2v) is 9.45. The minimum absolute atomic E-state index is 0.00578. The molecule has 6 nitrogen and oxygen atoms in total. The molecule has 2 aromatic carbocycles. The van der Waals surface area contributed by atoms with E-state index >= 15 is 0 Å². The summed E-state index contributed by atoms with van der Waals surface area (Å²) in [6, 6.07) is 11.5. The summed E-state index contributed by atoms with van der Waals surface area (Å²) in [6.45, 7) is 2.24. The lowest BCUT2D eigenvalue weighted by atomic mass is 9.82. The van der Waals surface area contributed by atoms with Crippen LogP contribution >= 0.6 is 0 Å². The van der Waals surface area contributed by atoms with Crippen molar-refractivity contribution in [2.24, 2.45) is 0 Å². The fourth-order valence-electron chi connectivity index (χ4n) is 4.02. The van der Waals surface area contributed by atoms with Crippen LogP contribution in [0.1, 0.15) is 47.9 Å². The quantitative estimate of drug-likeness (QED) is 0.530. The molecular weight excluding hydrogens is 455 g/mol. The highest BCUT2D eigenvalue weighted by Gasteiger charge is 2.33. The molecule has 0 fully saturated rings. The van der Waals surface area contributed by atoms with Crippen molar-refractivity contribution in [3.63, 3.8) is 0 Å². The lowest BCUT2D eigenvalue weighted by molar-refractivity contribution is -0.137. The first-order valence-electron chi connectivity index (χ1n) is 10.5. The van der Waals surface area contributed by atoms with Crippen molar-refractivity contribution in [2.75, 3.05) is 11.3 Å². The molecule has 1 unspecified atom stereocenters. The highest BCUT2D eigenvalue weighted by molar-refractivity contribution is 7.92. The van der Waals surface area contributed by atoms with E-state index < -0.39 is 21.8 Å². The van der Waals surface area contributed by atoms with Crippen molar-refractivity contribution in [1.82, 2.24) is 10.2 Å². The first-order chi connectivity index (χ1) is 15.7. The standard InChI is InChI=1S/C23H22F3N3O3S/c1-2-4-15-13-16(23(24,25)26)6-8-18(15)19-10-12-32-21-14-17(7-9-20(19)21)33(30,31)29-22-5-3-11-27-28-22/h3,5-9,11,13-14,19H,2,4,10,12H2,1H3,(H,28,29). The number of nitrogens with one attached hydrogen (secondary N) is 1. The Morgan fingerprint density at radius 3 is 2.61 bits per heavy atom. The van der Waals surface area contributed by atoms with E-state index in [1.165, 1.54) is 36.5 Å². The Bertz CT molecular complexity index is 1250. The van der Waals surface area contributed by atoms with E-state index in [0.29, 0.717) is 37.2 Å². The van der Waals surface area contributed by atoms with Crippen LogP contribution in [0.3, 0.4) is 0 Å². The maximum absolute atomic E-state index is 13.2. The molecule has 0 amide bonds. The molecule has 174 valence electrons. The third-order valence-corrected chi connectivity index (χ3v) is 6.86. The Balaban J connectivity index is 1.69. The van der Waals surface area contributed by atoms with Gasteiger partial charge in [-0.15, -0.1) is 5.10 Å². The summed E-state index contributed by atoms with van der Waals surface area (Å²) in [5.74, 6) is 0.292. The number of sulfonamides is 1. The van der Waals surface area contributed by atoms with Gasteiger partial charge in [-0.1, -0.05) is 25.5 Å². The fourth-order valence-corrected chi connectivity index (χ4v) is 5.03. The Hall–Kier alpha value is -3.14. The highest BCUT2D eigenvalue weighted by Crippen LogP contribution is 2.42. The number of hydrogen-bond acceptors (Lipinski definition) is 5. The number of nitrogens with zero attached hydrogens (tertiary/aromatic N) is 2. The molecule has 1 aliphatic heterocycles. The summed E-state index contributed by atoms with van der Waals surface area (Å²) in [5.41, 5.74) is 1.53. The predicted octanol–water partition coefficient (Wildman–Crippen LogP) is 5.16. The Morgan fingerprint density at radius 2 is 1.91 bits per heavy atom. The van der Waals surface area contributed by atoms with Crippen LogP contribution in [0.15, 0.2) is 59.6 Å². The van der Waals surface area contributed by atoms with E-state index in [4.69, 9.17) is 4.74 Å². The molecule has 1 aromatic heterocycles. The summed E-state index contributed by atoms with van der Waals surface area (Å²) >= 11 is 0. The minimum Gasteiger partial charge on any atom is -0.493 e. The van der Waals surface area contributed by atoms with Gasteiger partial charge in [-0.3, -0.25) is 4.72 Å². The van der Waals surface area contributed by atoms with E-state index in [2.05, 4.69) is 14.9 Å². The number of ether oxygens (including phenoxy) is 1. The molecule has 3 aromatic rings. The van der Waals surface area contributed by atoms with Gasteiger partial charge in [0.15, 0.2) is 5.82 Å². The second kappa shape index (κ2) is 9.01. The summed E-state index contributed by atoms with van der Waals surface area (Å²) in [6.07, 6.45) is -1.18. The molecule has 0 radical (unpaired) electrons.